The Bertz CT molecular complexity index is 505. The summed E-state index contributed by atoms with van der Waals surface area (Å²) >= 11 is 4.29. The highest BCUT2D eigenvalue weighted by Crippen LogP contribution is 2.32. The molecule has 0 radical (unpaired) electrons. The molecule has 0 aliphatic rings. The second kappa shape index (κ2) is 4.22. The number of benzene rings is 1. The minimum absolute atomic E-state index is 0.00510. The lowest BCUT2D eigenvalue weighted by atomic mass is 10.1. The number of oxazole rings is 1. The minimum atomic E-state index is 0.00510. The van der Waals surface area contributed by atoms with E-state index in [4.69, 9.17) is 4.42 Å². The molecule has 1 aromatic carbocycles. The molecule has 3 nitrogen and oxygen atoms in total. The van der Waals surface area contributed by atoms with E-state index in [1.807, 2.05) is 19.1 Å². The molecule has 1 atom stereocenters. The van der Waals surface area contributed by atoms with Crippen LogP contribution < -0.4 is 0 Å². The Labute approximate surface area is 99.5 Å². The smallest absolute Gasteiger partial charge is 0.191 e. The summed E-state index contributed by atoms with van der Waals surface area (Å²) in [5.74, 6) is 1.50. The minimum Gasteiger partial charge on any atom is -0.508 e. The first-order chi connectivity index (χ1) is 7.58. The van der Waals surface area contributed by atoms with Gasteiger partial charge in [0.15, 0.2) is 11.7 Å². The van der Waals surface area contributed by atoms with E-state index in [2.05, 4.69) is 17.6 Å². The van der Waals surface area contributed by atoms with E-state index in [1.165, 1.54) is 0 Å². The fourth-order valence-electron chi connectivity index (χ4n) is 1.55. The second-order valence-corrected chi connectivity index (χ2v) is 4.47. The molecule has 1 heterocycles. The van der Waals surface area contributed by atoms with Crippen molar-refractivity contribution in [3.63, 3.8) is 0 Å². The maximum absolute atomic E-state index is 9.82. The molecule has 4 heteroatoms. The van der Waals surface area contributed by atoms with Crippen LogP contribution in [0.15, 0.2) is 28.8 Å². The van der Waals surface area contributed by atoms with Crippen molar-refractivity contribution in [3.05, 3.63) is 35.9 Å². The Balaban J connectivity index is 2.42. The summed E-state index contributed by atoms with van der Waals surface area (Å²) in [6.07, 6.45) is 1.65. The highest BCUT2D eigenvalue weighted by Gasteiger charge is 2.10. The number of phenols is 1. The van der Waals surface area contributed by atoms with Crippen LogP contribution in [0, 0.1) is 6.92 Å². The van der Waals surface area contributed by atoms with Gasteiger partial charge in [0.1, 0.15) is 5.75 Å². The van der Waals surface area contributed by atoms with E-state index < -0.39 is 0 Å². The Morgan fingerprint density at radius 3 is 2.69 bits per heavy atom. The molecule has 1 unspecified atom stereocenters. The fourth-order valence-corrected chi connectivity index (χ4v) is 1.76. The number of thiol groups is 1. The van der Waals surface area contributed by atoms with E-state index in [1.54, 1.807) is 19.2 Å². The summed E-state index contributed by atoms with van der Waals surface area (Å²) in [6, 6.07) is 5.41. The molecular weight excluding hydrogens is 222 g/mol. The Morgan fingerprint density at radius 1 is 1.44 bits per heavy atom. The Kier molecular flexibility index (Phi) is 2.92. The van der Waals surface area contributed by atoms with Gasteiger partial charge in [-0.1, -0.05) is 12.1 Å². The topological polar surface area (TPSA) is 46.3 Å². The molecule has 16 heavy (non-hydrogen) atoms. The largest absolute Gasteiger partial charge is 0.508 e. The van der Waals surface area contributed by atoms with Crippen molar-refractivity contribution in [3.8, 4) is 17.1 Å². The molecule has 1 N–H and O–H groups in total. The molecule has 0 aliphatic carbocycles. The number of rotatable bonds is 2. The maximum Gasteiger partial charge on any atom is 0.191 e. The van der Waals surface area contributed by atoms with E-state index in [9.17, 15) is 5.11 Å². The first-order valence-corrected chi connectivity index (χ1v) is 5.53. The third kappa shape index (κ3) is 2.07. The number of aromatic nitrogens is 1. The van der Waals surface area contributed by atoms with Gasteiger partial charge in [0, 0.05) is 23.3 Å². The Hall–Kier alpha value is -1.42. The second-order valence-electron chi connectivity index (χ2n) is 3.69. The first kappa shape index (κ1) is 11.1. The highest BCUT2D eigenvalue weighted by atomic mass is 32.1. The van der Waals surface area contributed by atoms with E-state index >= 15 is 0 Å². The van der Waals surface area contributed by atoms with Gasteiger partial charge in [-0.2, -0.15) is 12.6 Å². The van der Waals surface area contributed by atoms with Gasteiger partial charge in [0.2, 0.25) is 0 Å². The van der Waals surface area contributed by atoms with Gasteiger partial charge >= 0.3 is 0 Å². The average Bonchev–Trinajstić information content (AvgIpc) is 2.64. The van der Waals surface area contributed by atoms with Crippen molar-refractivity contribution in [2.45, 2.75) is 19.1 Å². The molecule has 0 aliphatic heterocycles. The molecule has 0 saturated carbocycles. The van der Waals surface area contributed by atoms with Gasteiger partial charge in [-0.05, 0) is 13.0 Å². The number of aryl methyl sites for hydroxylation is 1. The van der Waals surface area contributed by atoms with Crippen molar-refractivity contribution in [2.24, 2.45) is 0 Å². The molecule has 0 saturated heterocycles. The molecule has 2 rings (SSSR count). The lowest BCUT2D eigenvalue weighted by Crippen LogP contribution is -1.86. The van der Waals surface area contributed by atoms with E-state index in [0.717, 1.165) is 11.1 Å². The third-order valence-electron chi connectivity index (χ3n) is 2.39. The molecule has 0 bridgehead atoms. The van der Waals surface area contributed by atoms with Crippen LogP contribution in [0.4, 0.5) is 0 Å². The number of nitrogens with zero attached hydrogens (tertiary/aromatic N) is 1. The third-order valence-corrected chi connectivity index (χ3v) is 2.66. The average molecular weight is 235 g/mol. The van der Waals surface area contributed by atoms with Crippen LogP contribution in [-0.2, 0) is 0 Å². The standard InChI is InChI=1S/C12H13NO2S/c1-7(16)10-4-3-9(5-11(10)14)12-6-13-8(2)15-12/h3-7,14,16H,1-2H3. The Morgan fingerprint density at radius 2 is 2.19 bits per heavy atom. The zero-order valence-corrected chi connectivity index (χ0v) is 10.0. The monoisotopic (exact) mass is 235 g/mol. The summed E-state index contributed by atoms with van der Waals surface area (Å²) < 4.78 is 5.38. The molecular formula is C12H13NO2S. The van der Waals surface area contributed by atoms with Crippen LogP contribution >= 0.6 is 12.6 Å². The van der Waals surface area contributed by atoms with Crippen molar-refractivity contribution < 1.29 is 9.52 Å². The van der Waals surface area contributed by atoms with Crippen LogP contribution in [0.2, 0.25) is 0 Å². The molecule has 0 amide bonds. The van der Waals surface area contributed by atoms with Crippen molar-refractivity contribution in [2.75, 3.05) is 0 Å². The van der Waals surface area contributed by atoms with Crippen molar-refractivity contribution >= 4 is 12.6 Å². The van der Waals surface area contributed by atoms with E-state index in [0.29, 0.717) is 11.7 Å². The molecule has 84 valence electrons. The van der Waals surface area contributed by atoms with Crippen LogP contribution in [0.25, 0.3) is 11.3 Å². The van der Waals surface area contributed by atoms with Crippen molar-refractivity contribution in [1.29, 1.82) is 0 Å². The highest BCUT2D eigenvalue weighted by molar-refractivity contribution is 7.80. The molecule has 1 aromatic heterocycles. The predicted octanol–water partition coefficient (Wildman–Crippen LogP) is 3.35. The van der Waals surface area contributed by atoms with Crippen LogP contribution in [0.5, 0.6) is 5.75 Å². The summed E-state index contributed by atoms with van der Waals surface area (Å²) in [5, 5.41) is 9.82. The van der Waals surface area contributed by atoms with Gasteiger partial charge < -0.3 is 9.52 Å². The van der Waals surface area contributed by atoms with Gasteiger partial charge in [-0.25, -0.2) is 4.98 Å². The summed E-state index contributed by atoms with van der Waals surface area (Å²) in [4.78, 5) is 4.02. The quantitative estimate of drug-likeness (QED) is 0.785. The number of hydrogen-bond donors (Lipinski definition) is 2. The van der Waals surface area contributed by atoms with Crippen LogP contribution in [0.3, 0.4) is 0 Å². The number of aromatic hydroxyl groups is 1. The normalized spacial score (nSPS) is 12.7. The van der Waals surface area contributed by atoms with E-state index in [-0.39, 0.29) is 11.0 Å². The number of phenolic OH excluding ortho intramolecular Hbond substituents is 1. The van der Waals surface area contributed by atoms with Crippen molar-refractivity contribution in [1.82, 2.24) is 4.98 Å². The molecule has 2 aromatic rings. The summed E-state index contributed by atoms with van der Waals surface area (Å²) in [7, 11) is 0. The predicted molar refractivity (Wildman–Crippen MR) is 65.7 cm³/mol. The number of hydrogen-bond acceptors (Lipinski definition) is 4. The van der Waals surface area contributed by atoms with Gasteiger partial charge in [0.25, 0.3) is 0 Å². The van der Waals surface area contributed by atoms with Gasteiger partial charge in [-0.15, -0.1) is 0 Å². The fraction of sp³-hybridized carbons (Fsp3) is 0.250. The first-order valence-electron chi connectivity index (χ1n) is 5.01. The van der Waals surface area contributed by atoms with Crippen LogP contribution in [-0.4, -0.2) is 10.1 Å². The molecule has 0 spiro atoms. The lowest BCUT2D eigenvalue weighted by Gasteiger charge is -2.08. The van der Waals surface area contributed by atoms with Gasteiger partial charge in [0.05, 0.1) is 6.20 Å². The van der Waals surface area contributed by atoms with Gasteiger partial charge in [-0.3, -0.25) is 0 Å². The summed E-state index contributed by atoms with van der Waals surface area (Å²) in [6.45, 7) is 3.70. The maximum atomic E-state index is 9.82. The summed E-state index contributed by atoms with van der Waals surface area (Å²) in [5.41, 5.74) is 1.62. The zero-order chi connectivity index (χ0) is 11.7. The molecule has 0 fully saturated rings. The zero-order valence-electron chi connectivity index (χ0n) is 9.14. The SMILES string of the molecule is Cc1ncc(-c2ccc(C(C)S)c(O)c2)o1. The lowest BCUT2D eigenvalue weighted by molar-refractivity contribution is 0.468. The van der Waals surface area contributed by atoms with Crippen LogP contribution in [0.1, 0.15) is 23.6 Å².